The molecule has 0 bridgehead atoms. The molecule has 0 spiro atoms. The van der Waals surface area contributed by atoms with Crippen LogP contribution >= 0.6 is 0 Å². The first-order valence-electron chi connectivity index (χ1n) is 5.86. The molecule has 3 N–H and O–H groups in total. The maximum absolute atomic E-state index is 5.68. The molecule has 15 heavy (non-hydrogen) atoms. The second-order valence-corrected chi connectivity index (χ2v) is 3.69. The minimum absolute atomic E-state index is 0.224. The van der Waals surface area contributed by atoms with Crippen molar-refractivity contribution in [3.05, 3.63) is 0 Å². The second kappa shape index (κ2) is 10.4. The second-order valence-electron chi connectivity index (χ2n) is 3.69. The predicted octanol–water partition coefficient (Wildman–Crippen LogP) is 1.45. The Balaban J connectivity index is 3.93. The third-order valence-corrected chi connectivity index (χ3v) is 2.48. The van der Waals surface area contributed by atoms with E-state index in [1.807, 2.05) is 6.92 Å². The summed E-state index contributed by atoms with van der Waals surface area (Å²) in [6.07, 6.45) is 4.40. The van der Waals surface area contributed by atoms with Crippen molar-refractivity contribution in [3.8, 4) is 0 Å². The zero-order valence-corrected chi connectivity index (χ0v) is 10.3. The Morgan fingerprint density at radius 1 is 1.27 bits per heavy atom. The Morgan fingerprint density at radius 3 is 2.47 bits per heavy atom. The molecule has 0 fully saturated rings. The molecule has 4 heteroatoms. The number of hydrazine groups is 1. The molecule has 2 atom stereocenters. The van der Waals surface area contributed by atoms with Gasteiger partial charge in [0.2, 0.25) is 0 Å². The van der Waals surface area contributed by atoms with E-state index in [2.05, 4.69) is 12.3 Å². The van der Waals surface area contributed by atoms with Crippen LogP contribution in [0.5, 0.6) is 0 Å². The van der Waals surface area contributed by atoms with Crippen LogP contribution < -0.4 is 11.3 Å². The van der Waals surface area contributed by atoms with Gasteiger partial charge in [0.15, 0.2) is 0 Å². The van der Waals surface area contributed by atoms with E-state index < -0.39 is 0 Å². The molecule has 0 heterocycles. The molecule has 0 aliphatic rings. The minimum atomic E-state index is 0.224. The van der Waals surface area contributed by atoms with Crippen LogP contribution in [-0.4, -0.2) is 32.5 Å². The number of hydrogen-bond donors (Lipinski definition) is 2. The van der Waals surface area contributed by atoms with Gasteiger partial charge in [0.25, 0.3) is 0 Å². The summed E-state index contributed by atoms with van der Waals surface area (Å²) in [5.41, 5.74) is 2.85. The number of nitrogens with two attached hydrogens (primary N) is 1. The van der Waals surface area contributed by atoms with E-state index in [9.17, 15) is 0 Å². The largest absolute Gasteiger partial charge is 0.385 e. The first-order chi connectivity index (χ1) is 7.29. The fraction of sp³-hybridized carbons (Fsp3) is 1.00. The third kappa shape index (κ3) is 6.84. The molecular formula is C11H26N2O2. The topological polar surface area (TPSA) is 56.5 Å². The molecule has 0 aliphatic carbocycles. The van der Waals surface area contributed by atoms with Crippen LogP contribution in [0.25, 0.3) is 0 Å². The summed E-state index contributed by atoms with van der Waals surface area (Å²) < 4.78 is 10.7. The maximum atomic E-state index is 5.68. The molecule has 2 unspecified atom stereocenters. The van der Waals surface area contributed by atoms with Crippen LogP contribution in [0.1, 0.15) is 39.5 Å². The maximum Gasteiger partial charge on any atom is 0.0741 e. The summed E-state index contributed by atoms with van der Waals surface area (Å²) in [6, 6.07) is 0.236. The lowest BCUT2D eigenvalue weighted by molar-refractivity contribution is 0.0236. The van der Waals surface area contributed by atoms with Crippen LogP contribution in [0.2, 0.25) is 0 Å². The van der Waals surface area contributed by atoms with Crippen molar-refractivity contribution >= 4 is 0 Å². The van der Waals surface area contributed by atoms with Crippen LogP contribution in [0, 0.1) is 0 Å². The molecule has 92 valence electrons. The molecule has 0 rings (SSSR count). The van der Waals surface area contributed by atoms with Crippen molar-refractivity contribution in [3.63, 3.8) is 0 Å². The zero-order chi connectivity index (χ0) is 11.5. The average molecular weight is 218 g/mol. The van der Waals surface area contributed by atoms with Gasteiger partial charge in [0.1, 0.15) is 0 Å². The van der Waals surface area contributed by atoms with Gasteiger partial charge in [0, 0.05) is 26.4 Å². The van der Waals surface area contributed by atoms with Gasteiger partial charge in [-0.3, -0.25) is 11.3 Å². The van der Waals surface area contributed by atoms with Gasteiger partial charge in [-0.15, -0.1) is 0 Å². The highest BCUT2D eigenvalue weighted by atomic mass is 16.5. The first-order valence-corrected chi connectivity index (χ1v) is 5.86. The van der Waals surface area contributed by atoms with Gasteiger partial charge in [0.05, 0.1) is 6.10 Å². The summed E-state index contributed by atoms with van der Waals surface area (Å²) in [5, 5.41) is 0. The first kappa shape index (κ1) is 14.8. The summed E-state index contributed by atoms with van der Waals surface area (Å²) in [4.78, 5) is 0. The van der Waals surface area contributed by atoms with Gasteiger partial charge < -0.3 is 9.47 Å². The summed E-state index contributed by atoms with van der Waals surface area (Å²) >= 11 is 0. The standard InChI is InChI=1S/C11H26N2O2/c1-4-7-11(15-5-2)10(13-12)8-6-9-14-3/h10-11,13H,4-9,12H2,1-3H3. The Kier molecular flexibility index (Phi) is 10.3. The van der Waals surface area contributed by atoms with Gasteiger partial charge in [-0.25, -0.2) is 0 Å². The smallest absolute Gasteiger partial charge is 0.0741 e. The van der Waals surface area contributed by atoms with Crippen LogP contribution in [0.3, 0.4) is 0 Å². The highest BCUT2D eigenvalue weighted by Gasteiger charge is 2.19. The highest BCUT2D eigenvalue weighted by molar-refractivity contribution is 4.74. The van der Waals surface area contributed by atoms with Crippen molar-refractivity contribution in [1.29, 1.82) is 0 Å². The highest BCUT2D eigenvalue weighted by Crippen LogP contribution is 2.11. The number of ether oxygens (including phenoxy) is 2. The molecule has 0 aromatic rings. The van der Waals surface area contributed by atoms with Crippen molar-refractivity contribution < 1.29 is 9.47 Å². The van der Waals surface area contributed by atoms with Crippen LogP contribution in [0.15, 0.2) is 0 Å². The molecule has 0 amide bonds. The summed E-state index contributed by atoms with van der Waals surface area (Å²) in [5.74, 6) is 5.55. The number of nitrogens with one attached hydrogen (secondary N) is 1. The Bertz CT molecular complexity index is 128. The number of rotatable bonds is 10. The van der Waals surface area contributed by atoms with Crippen molar-refractivity contribution in [2.24, 2.45) is 5.84 Å². The van der Waals surface area contributed by atoms with E-state index in [-0.39, 0.29) is 12.1 Å². The molecular weight excluding hydrogens is 192 g/mol. The molecule has 0 aromatic carbocycles. The lowest BCUT2D eigenvalue weighted by Gasteiger charge is -2.26. The Morgan fingerprint density at radius 2 is 2.00 bits per heavy atom. The number of hydrogen-bond acceptors (Lipinski definition) is 4. The van der Waals surface area contributed by atoms with E-state index in [0.717, 1.165) is 38.9 Å². The minimum Gasteiger partial charge on any atom is -0.385 e. The number of methoxy groups -OCH3 is 1. The molecule has 0 aromatic heterocycles. The molecule has 0 saturated heterocycles. The molecule has 0 aliphatic heterocycles. The van der Waals surface area contributed by atoms with E-state index in [1.54, 1.807) is 7.11 Å². The fourth-order valence-electron chi connectivity index (χ4n) is 1.72. The summed E-state index contributed by atoms with van der Waals surface area (Å²) in [6.45, 7) is 5.70. The monoisotopic (exact) mass is 218 g/mol. The van der Waals surface area contributed by atoms with Crippen molar-refractivity contribution in [1.82, 2.24) is 5.43 Å². The lowest BCUT2D eigenvalue weighted by Crippen LogP contribution is -2.45. The van der Waals surface area contributed by atoms with E-state index in [1.165, 1.54) is 0 Å². The zero-order valence-electron chi connectivity index (χ0n) is 10.3. The molecule has 0 saturated carbocycles. The van der Waals surface area contributed by atoms with E-state index in [0.29, 0.717) is 0 Å². The van der Waals surface area contributed by atoms with Gasteiger partial charge in [-0.1, -0.05) is 13.3 Å². The third-order valence-electron chi connectivity index (χ3n) is 2.48. The fourth-order valence-corrected chi connectivity index (χ4v) is 1.72. The average Bonchev–Trinajstić information content (AvgIpc) is 2.24. The van der Waals surface area contributed by atoms with Gasteiger partial charge in [-0.05, 0) is 26.2 Å². The van der Waals surface area contributed by atoms with Crippen molar-refractivity contribution in [2.75, 3.05) is 20.3 Å². The van der Waals surface area contributed by atoms with Gasteiger partial charge in [-0.2, -0.15) is 0 Å². The quantitative estimate of drug-likeness (QED) is 0.331. The summed E-state index contributed by atoms with van der Waals surface area (Å²) in [7, 11) is 1.72. The molecule has 0 radical (unpaired) electrons. The van der Waals surface area contributed by atoms with Crippen LogP contribution in [-0.2, 0) is 9.47 Å². The van der Waals surface area contributed by atoms with Gasteiger partial charge >= 0.3 is 0 Å². The normalized spacial score (nSPS) is 15.2. The molecule has 4 nitrogen and oxygen atoms in total. The predicted molar refractivity (Wildman–Crippen MR) is 62.5 cm³/mol. The van der Waals surface area contributed by atoms with E-state index in [4.69, 9.17) is 15.3 Å². The van der Waals surface area contributed by atoms with Crippen LogP contribution in [0.4, 0.5) is 0 Å². The Hall–Kier alpha value is -0.160. The lowest BCUT2D eigenvalue weighted by atomic mass is 10.0. The van der Waals surface area contributed by atoms with Crippen molar-refractivity contribution in [2.45, 2.75) is 51.7 Å². The SMILES string of the molecule is CCCC(OCC)C(CCCOC)NN. The Labute approximate surface area is 93.5 Å². The van der Waals surface area contributed by atoms with E-state index >= 15 is 0 Å².